The van der Waals surface area contributed by atoms with Gasteiger partial charge < -0.3 is 10.4 Å². The van der Waals surface area contributed by atoms with E-state index in [1.807, 2.05) is 24.3 Å². The van der Waals surface area contributed by atoms with E-state index < -0.39 is 0 Å². The van der Waals surface area contributed by atoms with Crippen LogP contribution in [0.15, 0.2) is 49.1 Å². The highest BCUT2D eigenvalue weighted by Gasteiger charge is 1.98. The summed E-state index contributed by atoms with van der Waals surface area (Å²) in [6.07, 6.45) is 24.4. The molecule has 2 heterocycles. The summed E-state index contributed by atoms with van der Waals surface area (Å²) in [4.78, 5) is 0. The first-order valence-electron chi connectivity index (χ1n) is 11.1. The van der Waals surface area contributed by atoms with Gasteiger partial charge in [-0.15, -0.1) is 0 Å². The van der Waals surface area contributed by atoms with Crippen LogP contribution in [0.3, 0.4) is 0 Å². The van der Waals surface area contributed by atoms with Crippen molar-refractivity contribution in [3.63, 3.8) is 0 Å². The number of pyridine rings is 2. The molecule has 2 rings (SSSR count). The maximum absolute atomic E-state index is 11.0. The molecule has 2 aromatic heterocycles. The lowest BCUT2D eigenvalue weighted by atomic mass is 10.0. The third-order valence-electron chi connectivity index (χ3n) is 5.42. The summed E-state index contributed by atoms with van der Waals surface area (Å²) in [5.74, 6) is 0. The molecule has 0 saturated heterocycles. The van der Waals surface area contributed by atoms with E-state index in [4.69, 9.17) is 0 Å². The molecule has 0 atom stereocenters. The molecule has 28 heavy (non-hydrogen) atoms. The zero-order chi connectivity index (χ0) is 19.9. The molecule has 0 radical (unpaired) electrons. The van der Waals surface area contributed by atoms with Crippen molar-refractivity contribution in [2.75, 3.05) is 0 Å². The van der Waals surface area contributed by atoms with Gasteiger partial charge in [0, 0.05) is 24.3 Å². The van der Waals surface area contributed by atoms with Gasteiger partial charge in [0.2, 0.25) is 0 Å². The monoisotopic (exact) mass is 384 g/mol. The molecule has 0 N–H and O–H groups in total. The minimum Gasteiger partial charge on any atom is -0.619 e. The third kappa shape index (κ3) is 10.3. The molecule has 0 bridgehead atoms. The minimum atomic E-state index is 0.846. The van der Waals surface area contributed by atoms with E-state index in [0.29, 0.717) is 0 Å². The summed E-state index contributed by atoms with van der Waals surface area (Å²) in [5.41, 5.74) is 2.54. The van der Waals surface area contributed by atoms with Gasteiger partial charge in [-0.05, 0) is 36.8 Å². The third-order valence-corrected chi connectivity index (χ3v) is 5.42. The van der Waals surface area contributed by atoms with E-state index in [0.717, 1.165) is 22.3 Å². The molecule has 0 aliphatic carbocycles. The molecule has 0 aliphatic rings. The van der Waals surface area contributed by atoms with Crippen LogP contribution in [0.5, 0.6) is 0 Å². The first-order chi connectivity index (χ1) is 13.7. The Bertz CT molecular complexity index is 569. The number of aromatic nitrogens is 2. The van der Waals surface area contributed by atoms with Crippen molar-refractivity contribution in [2.45, 2.75) is 89.9 Å². The maximum atomic E-state index is 11.0. The van der Waals surface area contributed by atoms with Crippen LogP contribution in [0, 0.1) is 10.4 Å². The Morgan fingerprint density at radius 3 is 0.964 bits per heavy atom. The SMILES string of the molecule is [O-][n+]1ccc(CCCCCCCCCCCCCCc2cc[n+]([O-])cc2)cc1. The minimum absolute atomic E-state index is 0.846. The smallest absolute Gasteiger partial charge is 0.180 e. The summed E-state index contributed by atoms with van der Waals surface area (Å²) in [5, 5.41) is 22.0. The van der Waals surface area contributed by atoms with Crippen LogP contribution in [0.2, 0.25) is 0 Å². The van der Waals surface area contributed by atoms with E-state index in [-0.39, 0.29) is 0 Å². The van der Waals surface area contributed by atoms with Gasteiger partial charge in [0.25, 0.3) is 0 Å². The van der Waals surface area contributed by atoms with Crippen molar-refractivity contribution in [1.82, 2.24) is 0 Å². The highest BCUT2D eigenvalue weighted by atomic mass is 16.5. The lowest BCUT2D eigenvalue weighted by Crippen LogP contribution is -2.23. The van der Waals surface area contributed by atoms with E-state index in [1.165, 1.54) is 88.2 Å². The van der Waals surface area contributed by atoms with E-state index in [2.05, 4.69) is 0 Å². The Balaban J connectivity index is 1.30. The fourth-order valence-electron chi connectivity index (χ4n) is 3.65. The van der Waals surface area contributed by atoms with Crippen molar-refractivity contribution in [1.29, 1.82) is 0 Å². The average molecular weight is 385 g/mol. The molecule has 0 aliphatic heterocycles. The molecule has 0 amide bonds. The molecule has 0 unspecified atom stereocenters. The summed E-state index contributed by atoms with van der Waals surface area (Å²) < 4.78 is 1.69. The van der Waals surface area contributed by atoms with Crippen LogP contribution in [-0.4, -0.2) is 0 Å². The van der Waals surface area contributed by atoms with Gasteiger partial charge in [-0.25, -0.2) is 0 Å². The van der Waals surface area contributed by atoms with Crippen LogP contribution in [-0.2, 0) is 12.8 Å². The zero-order valence-corrected chi connectivity index (χ0v) is 17.2. The normalized spacial score (nSPS) is 11.0. The first-order valence-corrected chi connectivity index (χ1v) is 11.1. The lowest BCUT2D eigenvalue weighted by molar-refractivity contribution is -0.605. The van der Waals surface area contributed by atoms with Gasteiger partial charge in [-0.2, -0.15) is 9.46 Å². The van der Waals surface area contributed by atoms with Gasteiger partial charge in [-0.1, -0.05) is 64.2 Å². The summed E-state index contributed by atoms with van der Waals surface area (Å²) in [6.45, 7) is 0. The number of aryl methyl sites for hydroxylation is 2. The first kappa shape index (κ1) is 22.2. The van der Waals surface area contributed by atoms with Crippen LogP contribution in [0.25, 0.3) is 0 Å². The van der Waals surface area contributed by atoms with Crippen molar-refractivity contribution in [3.8, 4) is 0 Å². The van der Waals surface area contributed by atoms with Crippen molar-refractivity contribution < 1.29 is 9.46 Å². The molecule has 0 aromatic carbocycles. The molecule has 0 spiro atoms. The number of rotatable bonds is 15. The topological polar surface area (TPSA) is 53.9 Å². The molecule has 4 heteroatoms. The van der Waals surface area contributed by atoms with Gasteiger partial charge >= 0.3 is 0 Å². The molecule has 154 valence electrons. The average Bonchev–Trinajstić information content (AvgIpc) is 2.71. The number of nitrogens with zero attached hydrogens (tertiary/aromatic N) is 2. The van der Waals surface area contributed by atoms with E-state index in [1.54, 1.807) is 24.8 Å². The molecule has 0 fully saturated rings. The lowest BCUT2D eigenvalue weighted by Gasteiger charge is -2.04. The van der Waals surface area contributed by atoms with E-state index >= 15 is 0 Å². The Morgan fingerprint density at radius 2 is 0.679 bits per heavy atom. The highest BCUT2D eigenvalue weighted by Crippen LogP contribution is 2.14. The van der Waals surface area contributed by atoms with Gasteiger partial charge in [0.15, 0.2) is 24.8 Å². The molecule has 0 saturated carbocycles. The maximum Gasteiger partial charge on any atom is 0.180 e. The second-order valence-corrected chi connectivity index (χ2v) is 7.88. The van der Waals surface area contributed by atoms with E-state index in [9.17, 15) is 10.4 Å². The predicted octanol–water partition coefficient (Wildman–Crippen LogP) is 5.42. The van der Waals surface area contributed by atoms with Crippen molar-refractivity contribution >= 4 is 0 Å². The predicted molar refractivity (Wildman–Crippen MR) is 114 cm³/mol. The Morgan fingerprint density at radius 1 is 0.429 bits per heavy atom. The fraction of sp³-hybridized carbons (Fsp3) is 0.583. The Kier molecular flexibility index (Phi) is 11.1. The standard InChI is InChI=1S/C24H36N2O2/c27-25-19-15-23(16-20-25)13-11-9-7-5-3-1-2-4-6-8-10-12-14-24-17-21-26(28)22-18-24/h15-22H,1-14H2. The summed E-state index contributed by atoms with van der Waals surface area (Å²) in [7, 11) is 0. The number of hydrogen-bond acceptors (Lipinski definition) is 2. The Hall–Kier alpha value is -2.10. The molecular weight excluding hydrogens is 348 g/mol. The number of hydrogen-bond donors (Lipinski definition) is 0. The fourth-order valence-corrected chi connectivity index (χ4v) is 3.65. The van der Waals surface area contributed by atoms with Gasteiger partial charge in [0.05, 0.1) is 0 Å². The molecular formula is C24H36N2O2. The van der Waals surface area contributed by atoms with Gasteiger partial charge in [0.1, 0.15) is 0 Å². The highest BCUT2D eigenvalue weighted by molar-refractivity contribution is 5.07. The van der Waals surface area contributed by atoms with Crippen LogP contribution >= 0.6 is 0 Å². The zero-order valence-electron chi connectivity index (χ0n) is 17.2. The summed E-state index contributed by atoms with van der Waals surface area (Å²) >= 11 is 0. The van der Waals surface area contributed by atoms with Crippen LogP contribution < -0.4 is 9.46 Å². The van der Waals surface area contributed by atoms with Gasteiger partial charge in [-0.3, -0.25) is 0 Å². The summed E-state index contributed by atoms with van der Waals surface area (Å²) in [6, 6.07) is 7.71. The van der Waals surface area contributed by atoms with Crippen molar-refractivity contribution in [3.05, 3.63) is 70.6 Å². The number of unbranched alkanes of at least 4 members (excludes halogenated alkanes) is 11. The van der Waals surface area contributed by atoms with Crippen molar-refractivity contribution in [2.24, 2.45) is 0 Å². The van der Waals surface area contributed by atoms with Crippen LogP contribution in [0.4, 0.5) is 0 Å². The quantitative estimate of drug-likeness (QED) is 0.234. The molecule has 2 aromatic rings. The second kappa shape index (κ2) is 14.0. The molecule has 4 nitrogen and oxygen atoms in total. The van der Waals surface area contributed by atoms with Crippen LogP contribution in [0.1, 0.15) is 88.2 Å². The second-order valence-electron chi connectivity index (χ2n) is 7.88. The Labute approximate surface area is 170 Å². The largest absolute Gasteiger partial charge is 0.619 e.